The van der Waals surface area contributed by atoms with Crippen molar-refractivity contribution < 1.29 is 52.8 Å². The first kappa shape index (κ1) is 26.8. The van der Waals surface area contributed by atoms with Crippen LogP contribution in [0.4, 0.5) is 0 Å². The van der Waals surface area contributed by atoms with Crippen LogP contribution in [0.15, 0.2) is 36.4 Å². The van der Waals surface area contributed by atoms with Crippen LogP contribution >= 0.6 is 0 Å². The molecule has 12 nitrogen and oxygen atoms in total. The summed E-state index contributed by atoms with van der Waals surface area (Å²) < 4.78 is 32.9. The largest absolute Gasteiger partial charge is 0.493 e. The number of cyclic esters (lactones) is 2. The van der Waals surface area contributed by atoms with E-state index in [2.05, 4.69) is 0 Å². The van der Waals surface area contributed by atoms with E-state index < -0.39 is 23.5 Å². The van der Waals surface area contributed by atoms with Crippen molar-refractivity contribution in [2.75, 3.05) is 26.4 Å². The van der Waals surface area contributed by atoms with Gasteiger partial charge in [-0.05, 0) is 24.3 Å². The second kappa shape index (κ2) is 11.0. The molecule has 12 heteroatoms. The van der Waals surface area contributed by atoms with Crippen LogP contribution in [0, 0.1) is 4.91 Å². The maximum atomic E-state index is 12.0. The molecule has 0 bridgehead atoms. The third-order valence-corrected chi connectivity index (χ3v) is 5.24. The van der Waals surface area contributed by atoms with Crippen LogP contribution in [-0.4, -0.2) is 55.0 Å². The molecular weight excluding hydrogens is 502 g/mol. The van der Waals surface area contributed by atoms with Crippen LogP contribution in [-0.2, 0) is 19.1 Å². The van der Waals surface area contributed by atoms with Gasteiger partial charge in [0.25, 0.3) is 0 Å². The maximum Gasteiger partial charge on any atom is 0.477 e. The molecule has 0 unspecified atom stereocenters. The highest BCUT2D eigenvalue weighted by Crippen LogP contribution is 2.35. The fourth-order valence-electron chi connectivity index (χ4n) is 3.63. The summed E-state index contributed by atoms with van der Waals surface area (Å²) in [6.07, 6.45) is 0.836. The zero-order chi connectivity index (χ0) is 27.3. The van der Waals surface area contributed by atoms with Crippen molar-refractivity contribution in [1.82, 2.24) is 0 Å². The molecule has 0 N–H and O–H groups in total. The monoisotopic (exact) mass is 532 g/mol. The molecule has 4 rings (SSSR count). The molecule has 0 radical (unpaired) electrons. The molecular formula is C26H30NO11+. The predicted molar refractivity (Wildman–Crippen MR) is 129 cm³/mol. The molecule has 0 fully saturated rings. The van der Waals surface area contributed by atoms with Crippen LogP contribution in [0.3, 0.4) is 0 Å². The van der Waals surface area contributed by atoms with Crippen molar-refractivity contribution in [2.24, 2.45) is 0 Å². The molecule has 2 aliphatic rings. The molecule has 2 aromatic rings. The summed E-state index contributed by atoms with van der Waals surface area (Å²) in [7, 11) is 0. The predicted octanol–water partition coefficient (Wildman–Crippen LogP) is 4.14. The fourth-order valence-corrected chi connectivity index (χ4v) is 3.63. The molecule has 38 heavy (non-hydrogen) atoms. The van der Waals surface area contributed by atoms with Crippen LogP contribution in [0.2, 0.25) is 0 Å². The number of esters is 2. The van der Waals surface area contributed by atoms with E-state index in [0.29, 0.717) is 47.0 Å². The van der Waals surface area contributed by atoms with Gasteiger partial charge in [0.2, 0.25) is 11.6 Å². The Morgan fingerprint density at radius 3 is 1.50 bits per heavy atom. The average Bonchev–Trinajstić information content (AvgIpc) is 2.81. The van der Waals surface area contributed by atoms with Gasteiger partial charge < -0.3 is 28.4 Å². The first-order valence-corrected chi connectivity index (χ1v) is 12.1. The molecule has 0 aliphatic carbocycles. The summed E-state index contributed by atoms with van der Waals surface area (Å²) in [4.78, 5) is 45.6. The van der Waals surface area contributed by atoms with Gasteiger partial charge in [0, 0.05) is 52.7 Å². The highest BCUT2D eigenvalue weighted by molar-refractivity contribution is 5.94. The van der Waals surface area contributed by atoms with Crippen molar-refractivity contribution in [3.05, 3.63) is 52.4 Å². The molecule has 0 saturated carbocycles. The quantitative estimate of drug-likeness (QED) is 0.222. The summed E-state index contributed by atoms with van der Waals surface area (Å²) in [6.45, 7) is 7.29. The number of rotatable bonds is 12. The van der Waals surface area contributed by atoms with Crippen molar-refractivity contribution in [3.63, 3.8) is 0 Å². The van der Waals surface area contributed by atoms with E-state index in [4.69, 9.17) is 38.1 Å². The average molecular weight is 533 g/mol. The van der Waals surface area contributed by atoms with E-state index in [0.717, 1.165) is 0 Å². The Labute approximate surface area is 219 Å². The van der Waals surface area contributed by atoms with E-state index in [9.17, 15) is 14.5 Å². The first-order chi connectivity index (χ1) is 18.0. The van der Waals surface area contributed by atoms with E-state index in [1.54, 1.807) is 64.1 Å². The fraction of sp³-hybridized carbons (Fsp3) is 0.462. The lowest BCUT2D eigenvalue weighted by molar-refractivity contribution is -0.981. The SMILES string of the molecule is CC1(C)OC(=O)c2ccc(OCCCO[N+](=O)OCCCOc3ccc4c(c3)OC(C)(C)OC4=O)cc2O1. The molecule has 0 saturated heterocycles. The number of hydrogen-bond acceptors (Lipinski definition) is 11. The van der Waals surface area contributed by atoms with Gasteiger partial charge in [-0.2, -0.15) is 9.68 Å². The maximum absolute atomic E-state index is 12.0. The Morgan fingerprint density at radius 2 is 1.08 bits per heavy atom. The molecule has 204 valence electrons. The van der Waals surface area contributed by atoms with Gasteiger partial charge in [-0.3, -0.25) is 0 Å². The molecule has 0 amide bonds. The Morgan fingerprint density at radius 1 is 0.658 bits per heavy atom. The topological polar surface area (TPSA) is 128 Å². The van der Waals surface area contributed by atoms with Gasteiger partial charge in [0.05, 0.1) is 13.2 Å². The lowest BCUT2D eigenvalue weighted by Gasteiger charge is -2.31. The van der Waals surface area contributed by atoms with Crippen LogP contribution in [0.5, 0.6) is 23.0 Å². The van der Waals surface area contributed by atoms with Gasteiger partial charge in [0.15, 0.2) is 13.2 Å². The Balaban J connectivity index is 1.08. The summed E-state index contributed by atoms with van der Waals surface area (Å²) in [5.74, 6) is -1.21. The Hall–Kier alpha value is -4.22. The zero-order valence-corrected chi connectivity index (χ0v) is 21.6. The lowest BCUT2D eigenvalue weighted by atomic mass is 10.1. The van der Waals surface area contributed by atoms with Crippen molar-refractivity contribution >= 4 is 11.9 Å². The van der Waals surface area contributed by atoms with Crippen molar-refractivity contribution in [2.45, 2.75) is 52.1 Å². The van der Waals surface area contributed by atoms with E-state index >= 15 is 0 Å². The number of carbonyl (C=O) groups is 2. The van der Waals surface area contributed by atoms with Gasteiger partial charge in [-0.1, -0.05) is 0 Å². The summed E-state index contributed by atoms with van der Waals surface area (Å²) >= 11 is 0. The number of benzene rings is 2. The van der Waals surface area contributed by atoms with Gasteiger partial charge >= 0.3 is 17.0 Å². The summed E-state index contributed by atoms with van der Waals surface area (Å²) in [6, 6.07) is 9.67. The Bertz CT molecular complexity index is 1120. The smallest absolute Gasteiger partial charge is 0.477 e. The van der Waals surface area contributed by atoms with Gasteiger partial charge in [0.1, 0.15) is 39.0 Å². The summed E-state index contributed by atoms with van der Waals surface area (Å²) in [5.41, 5.74) is 0.661. The minimum atomic E-state index is -1.05. The molecule has 0 aromatic heterocycles. The van der Waals surface area contributed by atoms with Crippen molar-refractivity contribution in [1.29, 1.82) is 0 Å². The lowest BCUT2D eigenvalue weighted by Crippen LogP contribution is -2.38. The second-order valence-electron chi connectivity index (χ2n) is 9.39. The van der Waals surface area contributed by atoms with Crippen LogP contribution in [0.1, 0.15) is 61.3 Å². The van der Waals surface area contributed by atoms with E-state index in [-0.39, 0.29) is 31.5 Å². The molecule has 2 heterocycles. The highest BCUT2D eigenvalue weighted by Gasteiger charge is 2.35. The number of hydrogen-bond donors (Lipinski definition) is 0. The number of nitrogens with zero attached hydrogens (tertiary/aromatic N) is 1. The normalized spacial score (nSPS) is 16.4. The first-order valence-electron chi connectivity index (χ1n) is 12.1. The van der Waals surface area contributed by atoms with Gasteiger partial charge in [-0.25, -0.2) is 9.59 Å². The van der Waals surface area contributed by atoms with Crippen LogP contribution in [0.25, 0.3) is 0 Å². The molecule has 2 aromatic carbocycles. The molecule has 0 atom stereocenters. The summed E-state index contributed by atoms with van der Waals surface area (Å²) in [5, 5.41) is 0.0564. The molecule has 0 spiro atoms. The van der Waals surface area contributed by atoms with Crippen LogP contribution < -0.4 is 18.9 Å². The third kappa shape index (κ3) is 6.96. The number of carbonyl (C=O) groups excluding carboxylic acids is 2. The minimum absolute atomic E-state index is 0.0564. The molecule has 2 aliphatic heterocycles. The number of fused-ring (bicyclic) bond motifs is 2. The minimum Gasteiger partial charge on any atom is -0.493 e. The third-order valence-electron chi connectivity index (χ3n) is 5.24. The Kier molecular flexibility index (Phi) is 7.79. The standard InChI is InChI=1S/C26H30NO11/c1-25(2)35-21-15-17(7-9-19(21)23(28)37-25)31-11-5-13-33-27(30)34-14-6-12-32-18-8-10-20-22(16-18)36-26(3,4)38-24(20)29/h7-10,15-16H,5-6,11-14H2,1-4H3/q+1. The second-order valence-corrected chi connectivity index (χ2v) is 9.39. The van der Waals surface area contributed by atoms with E-state index in [1.807, 2.05) is 0 Å². The van der Waals surface area contributed by atoms with E-state index in [1.165, 1.54) is 0 Å². The zero-order valence-electron chi connectivity index (χ0n) is 21.6. The number of ether oxygens (including phenoxy) is 6. The van der Waals surface area contributed by atoms with Gasteiger partial charge in [-0.15, -0.1) is 0 Å². The van der Waals surface area contributed by atoms with Crippen molar-refractivity contribution in [3.8, 4) is 23.0 Å². The highest BCUT2D eigenvalue weighted by atomic mass is 17.0.